The molecule has 4 heterocycles. The van der Waals surface area contributed by atoms with Gasteiger partial charge in [0.2, 0.25) is 5.82 Å². The van der Waals surface area contributed by atoms with Gasteiger partial charge in [0, 0.05) is 24.0 Å². The molecule has 0 aromatic carbocycles. The molecule has 4 rings (SSSR count). The lowest BCUT2D eigenvalue weighted by Gasteiger charge is -2.07. The van der Waals surface area contributed by atoms with Crippen LogP contribution in [0, 0.1) is 5.82 Å². The summed E-state index contributed by atoms with van der Waals surface area (Å²) in [7, 11) is 0. The van der Waals surface area contributed by atoms with Gasteiger partial charge in [-0.3, -0.25) is 5.10 Å². The van der Waals surface area contributed by atoms with Crippen LogP contribution in [-0.4, -0.2) is 58.1 Å². The molecule has 11 nitrogen and oxygen atoms in total. The summed E-state index contributed by atoms with van der Waals surface area (Å²) in [6, 6.07) is 5.73. The highest BCUT2D eigenvalue weighted by molar-refractivity contribution is 5.58. The summed E-state index contributed by atoms with van der Waals surface area (Å²) in [4.78, 5) is 9.48. The van der Waals surface area contributed by atoms with E-state index in [4.69, 9.17) is 15.6 Å². The number of tetrazole rings is 1. The molecule has 0 saturated carbocycles. The zero-order valence-corrected chi connectivity index (χ0v) is 15.0. The first kappa shape index (κ1) is 18.6. The summed E-state index contributed by atoms with van der Waals surface area (Å²) in [5, 5.41) is 27.4. The fraction of sp³-hybridized carbons (Fsp3) is 0.176. The Morgan fingerprint density at radius 1 is 1.24 bits per heavy atom. The van der Waals surface area contributed by atoms with Crippen LogP contribution in [0.4, 0.5) is 4.39 Å². The number of hydrogen-bond donors (Lipinski definition) is 3. The molecule has 0 unspecified atom stereocenters. The highest BCUT2D eigenvalue weighted by Gasteiger charge is 2.12. The van der Waals surface area contributed by atoms with Gasteiger partial charge in [-0.25, -0.2) is 14.4 Å². The molecule has 0 saturated heterocycles. The van der Waals surface area contributed by atoms with Gasteiger partial charge in [-0.15, -0.1) is 10.2 Å². The van der Waals surface area contributed by atoms with Crippen molar-refractivity contribution in [2.75, 3.05) is 6.61 Å². The predicted octanol–water partition coefficient (Wildman–Crippen LogP) is 0.771. The van der Waals surface area contributed by atoms with Crippen molar-refractivity contribution in [1.82, 2.24) is 40.4 Å². The number of aliphatic hydroxyl groups is 1. The van der Waals surface area contributed by atoms with Crippen LogP contribution < -0.4 is 10.5 Å². The van der Waals surface area contributed by atoms with Crippen molar-refractivity contribution in [3.05, 3.63) is 48.7 Å². The molecule has 4 aromatic heterocycles. The van der Waals surface area contributed by atoms with Crippen LogP contribution in [0.3, 0.4) is 0 Å². The number of nitrogens with one attached hydrogen (secondary N) is 1. The second-order valence-electron chi connectivity index (χ2n) is 6.07. The molecule has 29 heavy (non-hydrogen) atoms. The van der Waals surface area contributed by atoms with E-state index in [1.54, 1.807) is 24.4 Å². The van der Waals surface area contributed by atoms with E-state index in [0.717, 1.165) is 0 Å². The third-order valence-corrected chi connectivity index (χ3v) is 3.88. The molecule has 0 radical (unpaired) electrons. The van der Waals surface area contributed by atoms with Crippen LogP contribution in [0.5, 0.6) is 11.6 Å². The number of hydrogen-bond acceptors (Lipinski definition) is 9. The van der Waals surface area contributed by atoms with E-state index in [9.17, 15) is 4.39 Å². The molecule has 0 aliphatic rings. The SMILES string of the molecule is N[C@H](CO)Cn1nnc(-c2ccc(Oc3ncc(-c4ccn[nH]4)cc3F)cn2)n1. The van der Waals surface area contributed by atoms with Crippen molar-refractivity contribution < 1.29 is 14.2 Å². The summed E-state index contributed by atoms with van der Waals surface area (Å²) >= 11 is 0. The van der Waals surface area contributed by atoms with E-state index >= 15 is 0 Å². The summed E-state index contributed by atoms with van der Waals surface area (Å²) < 4.78 is 19.8. The Hall–Kier alpha value is -3.77. The smallest absolute Gasteiger partial charge is 0.255 e. The standard InChI is InChI=1S/C17H16FN9O2/c18-13-5-10(14-3-4-22-23-14)6-21-17(13)29-12-1-2-15(20-7-12)16-24-26-27(25-16)8-11(19)9-28/h1-7,11,28H,8-9,19H2,(H,22,23)/t11-/m0/s1. The highest BCUT2D eigenvalue weighted by atomic mass is 19.1. The van der Waals surface area contributed by atoms with Crippen LogP contribution in [0.2, 0.25) is 0 Å². The Morgan fingerprint density at radius 3 is 2.83 bits per heavy atom. The summed E-state index contributed by atoms with van der Waals surface area (Å²) in [5.74, 6) is -0.213. The largest absolute Gasteiger partial charge is 0.435 e. The van der Waals surface area contributed by atoms with Gasteiger partial charge in [0.05, 0.1) is 25.0 Å². The lowest BCUT2D eigenvalue weighted by Crippen LogP contribution is -2.30. The van der Waals surface area contributed by atoms with Crippen molar-refractivity contribution in [1.29, 1.82) is 0 Å². The minimum atomic E-state index is -0.619. The Morgan fingerprint density at radius 2 is 2.14 bits per heavy atom. The number of nitrogens with zero attached hydrogens (tertiary/aromatic N) is 7. The number of nitrogens with two attached hydrogens (primary N) is 1. The van der Waals surface area contributed by atoms with Gasteiger partial charge in [0.15, 0.2) is 5.82 Å². The molecule has 0 aliphatic heterocycles. The van der Waals surface area contributed by atoms with Gasteiger partial charge >= 0.3 is 0 Å². The van der Waals surface area contributed by atoms with Gasteiger partial charge < -0.3 is 15.6 Å². The second kappa shape index (κ2) is 8.08. The van der Waals surface area contributed by atoms with Crippen LogP contribution in [0.25, 0.3) is 22.8 Å². The average Bonchev–Trinajstić information content (AvgIpc) is 3.42. The highest BCUT2D eigenvalue weighted by Crippen LogP contribution is 2.26. The van der Waals surface area contributed by atoms with E-state index in [1.165, 1.54) is 23.3 Å². The summed E-state index contributed by atoms with van der Waals surface area (Å²) in [6.07, 6.45) is 4.45. The van der Waals surface area contributed by atoms with Crippen molar-refractivity contribution in [3.63, 3.8) is 0 Å². The van der Waals surface area contributed by atoms with E-state index in [-0.39, 0.29) is 24.9 Å². The van der Waals surface area contributed by atoms with Gasteiger partial charge in [0.1, 0.15) is 11.4 Å². The number of H-pyrrole nitrogens is 1. The molecule has 0 spiro atoms. The Bertz CT molecular complexity index is 1080. The number of ether oxygens (including phenoxy) is 1. The molecule has 0 aliphatic carbocycles. The number of pyridine rings is 2. The summed E-state index contributed by atoms with van der Waals surface area (Å²) in [6.45, 7) is 0.0405. The Balaban J connectivity index is 1.46. The summed E-state index contributed by atoms with van der Waals surface area (Å²) in [5.41, 5.74) is 7.29. The van der Waals surface area contributed by atoms with E-state index in [1.807, 2.05) is 0 Å². The lowest BCUT2D eigenvalue weighted by atomic mass is 10.2. The molecule has 0 bridgehead atoms. The van der Waals surface area contributed by atoms with E-state index < -0.39 is 11.9 Å². The maximum Gasteiger partial charge on any atom is 0.255 e. The first-order valence-electron chi connectivity index (χ1n) is 8.56. The molecule has 4 N–H and O–H groups in total. The first-order chi connectivity index (χ1) is 14.1. The van der Waals surface area contributed by atoms with Crippen molar-refractivity contribution in [3.8, 4) is 34.4 Å². The first-order valence-corrected chi connectivity index (χ1v) is 8.56. The normalized spacial score (nSPS) is 12.1. The van der Waals surface area contributed by atoms with Gasteiger partial charge in [-0.1, -0.05) is 0 Å². The number of aromatic nitrogens is 8. The monoisotopic (exact) mass is 397 g/mol. The van der Waals surface area contributed by atoms with Gasteiger partial charge in [0.25, 0.3) is 5.88 Å². The third-order valence-electron chi connectivity index (χ3n) is 3.88. The van der Waals surface area contributed by atoms with Crippen LogP contribution in [0.1, 0.15) is 0 Å². The molecular formula is C17H16FN9O2. The third kappa shape index (κ3) is 4.23. The zero-order chi connectivity index (χ0) is 20.2. The molecule has 12 heteroatoms. The number of halogens is 1. The minimum absolute atomic E-state index is 0.176. The van der Waals surface area contributed by atoms with Crippen molar-refractivity contribution >= 4 is 0 Å². The van der Waals surface area contributed by atoms with Crippen LogP contribution >= 0.6 is 0 Å². The Kier molecular flexibility index (Phi) is 5.18. The van der Waals surface area contributed by atoms with Crippen molar-refractivity contribution in [2.45, 2.75) is 12.6 Å². The topological polar surface area (TPSA) is 154 Å². The number of aliphatic hydroxyl groups excluding tert-OH is 1. The quantitative estimate of drug-likeness (QED) is 0.410. The molecule has 1 atom stereocenters. The minimum Gasteiger partial charge on any atom is -0.435 e. The van der Waals surface area contributed by atoms with Gasteiger partial charge in [-0.2, -0.15) is 9.90 Å². The average molecular weight is 397 g/mol. The number of aromatic amines is 1. The van der Waals surface area contributed by atoms with Gasteiger partial charge in [-0.05, 0) is 29.5 Å². The van der Waals surface area contributed by atoms with Crippen LogP contribution in [-0.2, 0) is 6.54 Å². The molecule has 148 valence electrons. The molecule has 0 amide bonds. The zero-order valence-electron chi connectivity index (χ0n) is 15.0. The van der Waals surface area contributed by atoms with Crippen molar-refractivity contribution in [2.24, 2.45) is 5.73 Å². The molecule has 0 fully saturated rings. The van der Waals surface area contributed by atoms with E-state index in [0.29, 0.717) is 22.7 Å². The van der Waals surface area contributed by atoms with Crippen LogP contribution in [0.15, 0.2) is 42.9 Å². The molecule has 4 aromatic rings. The maximum atomic E-state index is 14.3. The number of rotatable bonds is 7. The predicted molar refractivity (Wildman–Crippen MR) is 98.0 cm³/mol. The van der Waals surface area contributed by atoms with E-state index in [2.05, 4.69) is 35.6 Å². The molecular weight excluding hydrogens is 381 g/mol. The fourth-order valence-electron chi connectivity index (χ4n) is 2.44. The maximum absolute atomic E-state index is 14.3. The lowest BCUT2D eigenvalue weighted by molar-refractivity contribution is 0.245. The fourth-order valence-corrected chi connectivity index (χ4v) is 2.44. The second-order valence-corrected chi connectivity index (χ2v) is 6.07. The Labute approximate surface area is 163 Å².